The lowest BCUT2D eigenvalue weighted by atomic mass is 10.5. The highest BCUT2D eigenvalue weighted by Crippen LogP contribution is 2.23. The minimum Gasteiger partial charge on any atom is -0.447 e. The zero-order chi connectivity index (χ0) is 12.6. The smallest absolute Gasteiger partial charge is 0.407 e. The van der Waals surface area contributed by atoms with Crippen molar-refractivity contribution in [1.29, 1.82) is 0 Å². The van der Waals surface area contributed by atoms with Gasteiger partial charge in [-0.1, -0.05) is 0 Å². The van der Waals surface area contributed by atoms with Crippen LogP contribution in [0.5, 0.6) is 0 Å². The SMILES string of the molecule is CNC(=O)OC(C)C.CNC(=O)OC1CC1. The number of rotatable bonds is 2. The summed E-state index contributed by atoms with van der Waals surface area (Å²) in [6.07, 6.45) is 1.57. The van der Waals surface area contributed by atoms with E-state index >= 15 is 0 Å². The topological polar surface area (TPSA) is 76.7 Å². The summed E-state index contributed by atoms with van der Waals surface area (Å²) in [5, 5.41) is 4.71. The third-order valence-corrected chi connectivity index (χ3v) is 1.55. The lowest BCUT2D eigenvalue weighted by molar-refractivity contribution is 0.117. The van der Waals surface area contributed by atoms with Gasteiger partial charge in [-0.15, -0.1) is 0 Å². The number of amides is 2. The molecule has 6 heteroatoms. The van der Waals surface area contributed by atoms with Crippen LogP contribution in [0.1, 0.15) is 26.7 Å². The van der Waals surface area contributed by atoms with Crippen LogP contribution in [0.3, 0.4) is 0 Å². The highest BCUT2D eigenvalue weighted by atomic mass is 16.6. The molecule has 1 rings (SSSR count). The van der Waals surface area contributed by atoms with Gasteiger partial charge < -0.3 is 20.1 Å². The molecule has 0 heterocycles. The van der Waals surface area contributed by atoms with Crippen molar-refractivity contribution in [3.8, 4) is 0 Å². The van der Waals surface area contributed by atoms with Crippen molar-refractivity contribution >= 4 is 12.2 Å². The molecule has 1 aliphatic rings. The van der Waals surface area contributed by atoms with Crippen LogP contribution in [-0.4, -0.2) is 38.5 Å². The van der Waals surface area contributed by atoms with E-state index in [0.29, 0.717) is 0 Å². The zero-order valence-electron chi connectivity index (χ0n) is 10.2. The average Bonchev–Trinajstić information content (AvgIpc) is 3.01. The summed E-state index contributed by atoms with van der Waals surface area (Å²) in [5.41, 5.74) is 0. The molecule has 0 radical (unpaired) electrons. The Bertz CT molecular complexity index is 211. The van der Waals surface area contributed by atoms with Gasteiger partial charge in [0.25, 0.3) is 0 Å². The molecule has 0 saturated heterocycles. The highest BCUT2D eigenvalue weighted by molar-refractivity contribution is 5.67. The molecule has 94 valence electrons. The Hall–Kier alpha value is -1.46. The number of nitrogens with one attached hydrogen (secondary N) is 2. The van der Waals surface area contributed by atoms with Gasteiger partial charge in [-0.25, -0.2) is 9.59 Å². The molecule has 6 nitrogen and oxygen atoms in total. The standard InChI is InChI=1S/C5H9NO2.C5H11NO2/c1-6-5(7)8-4-2-3-4;1-4(2)8-5(7)6-3/h4H,2-3H2,1H3,(H,6,7);4H,1-3H3,(H,6,7). The molecule has 16 heavy (non-hydrogen) atoms. The first-order valence-electron chi connectivity index (χ1n) is 5.26. The van der Waals surface area contributed by atoms with Gasteiger partial charge in [-0.2, -0.15) is 0 Å². The zero-order valence-corrected chi connectivity index (χ0v) is 10.2. The number of hydrogen-bond donors (Lipinski definition) is 2. The first-order chi connectivity index (χ1) is 7.49. The van der Waals surface area contributed by atoms with Crippen molar-refractivity contribution < 1.29 is 19.1 Å². The summed E-state index contributed by atoms with van der Waals surface area (Å²) < 4.78 is 9.41. The molecular weight excluding hydrogens is 212 g/mol. The van der Waals surface area contributed by atoms with Crippen molar-refractivity contribution in [2.45, 2.75) is 38.9 Å². The monoisotopic (exact) mass is 232 g/mol. The summed E-state index contributed by atoms with van der Waals surface area (Å²) in [5.74, 6) is 0. The summed E-state index contributed by atoms with van der Waals surface area (Å²) in [6, 6.07) is 0. The molecule has 0 aromatic carbocycles. The van der Waals surface area contributed by atoms with E-state index in [4.69, 9.17) is 4.74 Å². The van der Waals surface area contributed by atoms with Crippen molar-refractivity contribution in [3.05, 3.63) is 0 Å². The van der Waals surface area contributed by atoms with Gasteiger partial charge in [0.05, 0.1) is 6.10 Å². The molecular formula is C10H20N2O4. The minimum atomic E-state index is -0.375. The molecule has 2 N–H and O–H groups in total. The fourth-order valence-electron chi connectivity index (χ4n) is 0.669. The second kappa shape index (κ2) is 7.78. The van der Waals surface area contributed by atoms with Gasteiger partial charge in [-0.3, -0.25) is 0 Å². The number of ether oxygens (including phenoxy) is 2. The van der Waals surface area contributed by atoms with E-state index in [1.807, 2.05) is 0 Å². The van der Waals surface area contributed by atoms with Crippen molar-refractivity contribution in [2.75, 3.05) is 14.1 Å². The quantitative estimate of drug-likeness (QED) is 0.751. The van der Waals surface area contributed by atoms with Gasteiger partial charge >= 0.3 is 12.2 Å². The van der Waals surface area contributed by atoms with Crippen LogP contribution in [0.2, 0.25) is 0 Å². The van der Waals surface area contributed by atoms with Crippen molar-refractivity contribution in [2.24, 2.45) is 0 Å². The second-order valence-corrected chi connectivity index (χ2v) is 3.56. The van der Waals surface area contributed by atoms with Gasteiger partial charge in [0.2, 0.25) is 0 Å². The van der Waals surface area contributed by atoms with Gasteiger partial charge in [-0.05, 0) is 26.7 Å². The third kappa shape index (κ3) is 9.11. The van der Waals surface area contributed by atoms with Crippen LogP contribution in [0, 0.1) is 0 Å². The Kier molecular flexibility index (Phi) is 7.07. The largest absolute Gasteiger partial charge is 0.447 e. The summed E-state index contributed by atoms with van der Waals surface area (Å²) in [6.45, 7) is 3.60. The van der Waals surface area contributed by atoms with E-state index < -0.39 is 0 Å². The maximum atomic E-state index is 10.3. The maximum absolute atomic E-state index is 10.3. The third-order valence-electron chi connectivity index (χ3n) is 1.55. The Morgan fingerprint density at radius 3 is 1.88 bits per heavy atom. The predicted octanol–water partition coefficient (Wildman–Crippen LogP) is 1.26. The lowest BCUT2D eigenvalue weighted by Crippen LogP contribution is -2.22. The summed E-state index contributed by atoms with van der Waals surface area (Å²) in [7, 11) is 3.09. The molecule has 1 aliphatic carbocycles. The number of alkyl carbamates (subject to hydrolysis) is 2. The number of carbonyl (C=O) groups is 2. The highest BCUT2D eigenvalue weighted by Gasteiger charge is 2.25. The second-order valence-electron chi connectivity index (χ2n) is 3.56. The Morgan fingerprint density at radius 1 is 1.12 bits per heavy atom. The van der Waals surface area contributed by atoms with Gasteiger partial charge in [0, 0.05) is 14.1 Å². The molecule has 2 amide bonds. The van der Waals surface area contributed by atoms with Crippen LogP contribution in [-0.2, 0) is 9.47 Å². The molecule has 1 saturated carbocycles. The van der Waals surface area contributed by atoms with E-state index in [0.717, 1.165) is 12.8 Å². The van der Waals surface area contributed by atoms with Crippen molar-refractivity contribution in [3.63, 3.8) is 0 Å². The predicted molar refractivity (Wildman–Crippen MR) is 59.2 cm³/mol. The average molecular weight is 232 g/mol. The Morgan fingerprint density at radius 2 is 1.62 bits per heavy atom. The first-order valence-corrected chi connectivity index (χ1v) is 5.26. The van der Waals surface area contributed by atoms with Crippen LogP contribution in [0.15, 0.2) is 0 Å². The van der Waals surface area contributed by atoms with E-state index in [-0.39, 0.29) is 24.4 Å². The fraction of sp³-hybridized carbons (Fsp3) is 0.800. The van der Waals surface area contributed by atoms with Crippen LogP contribution < -0.4 is 10.6 Å². The Balaban J connectivity index is 0.000000281. The lowest BCUT2D eigenvalue weighted by Gasteiger charge is -2.04. The first kappa shape index (κ1) is 14.5. The van der Waals surface area contributed by atoms with Crippen molar-refractivity contribution in [1.82, 2.24) is 10.6 Å². The Labute approximate surface area is 95.7 Å². The van der Waals surface area contributed by atoms with E-state index in [1.165, 1.54) is 7.05 Å². The van der Waals surface area contributed by atoms with Gasteiger partial charge in [0.1, 0.15) is 6.10 Å². The van der Waals surface area contributed by atoms with E-state index in [2.05, 4.69) is 15.4 Å². The molecule has 0 spiro atoms. The molecule has 0 aromatic heterocycles. The summed E-state index contributed by atoms with van der Waals surface area (Å²) >= 11 is 0. The summed E-state index contributed by atoms with van der Waals surface area (Å²) in [4.78, 5) is 20.6. The van der Waals surface area contributed by atoms with Gasteiger partial charge in [0.15, 0.2) is 0 Å². The van der Waals surface area contributed by atoms with E-state index in [1.54, 1.807) is 20.9 Å². The normalized spacial score (nSPS) is 13.3. The molecule has 0 unspecified atom stereocenters. The molecule has 0 aromatic rings. The van der Waals surface area contributed by atoms with E-state index in [9.17, 15) is 9.59 Å². The minimum absolute atomic E-state index is 0.0325. The fourth-order valence-corrected chi connectivity index (χ4v) is 0.669. The number of carbonyl (C=O) groups excluding carboxylic acids is 2. The molecule has 0 bridgehead atoms. The van der Waals surface area contributed by atoms with Crippen LogP contribution >= 0.6 is 0 Å². The van der Waals surface area contributed by atoms with Crippen LogP contribution in [0.25, 0.3) is 0 Å². The molecule has 0 atom stereocenters. The van der Waals surface area contributed by atoms with Crippen LogP contribution in [0.4, 0.5) is 9.59 Å². The molecule has 1 fully saturated rings. The number of hydrogen-bond acceptors (Lipinski definition) is 4. The molecule has 0 aliphatic heterocycles. The maximum Gasteiger partial charge on any atom is 0.407 e.